The lowest BCUT2D eigenvalue weighted by atomic mass is 10.1. The summed E-state index contributed by atoms with van der Waals surface area (Å²) in [7, 11) is 3.01. The van der Waals surface area contributed by atoms with Crippen LogP contribution >= 0.6 is 0 Å². The maximum absolute atomic E-state index is 13.1. The minimum absolute atomic E-state index is 0.0319. The molecule has 3 rings (SSSR count). The van der Waals surface area contributed by atoms with E-state index in [1.807, 2.05) is 0 Å². The van der Waals surface area contributed by atoms with E-state index in [1.165, 1.54) is 26.4 Å². The number of anilines is 2. The molecule has 0 radical (unpaired) electrons. The number of para-hydroxylation sites is 1. The molecule has 1 atom stereocenters. The zero-order valence-electron chi connectivity index (χ0n) is 15.7. The molecular weight excluding hydrogens is 365 g/mol. The van der Waals surface area contributed by atoms with Gasteiger partial charge in [-0.25, -0.2) is 9.18 Å². The fourth-order valence-electron chi connectivity index (χ4n) is 3.18. The summed E-state index contributed by atoms with van der Waals surface area (Å²) in [6.07, 6.45) is 0.320. The number of carbonyl (C=O) groups is 2. The molecule has 1 saturated heterocycles. The topological polar surface area (TPSA) is 79.9 Å². The lowest BCUT2D eigenvalue weighted by molar-refractivity contribution is -0.117. The summed E-state index contributed by atoms with van der Waals surface area (Å²) in [4.78, 5) is 26.1. The van der Waals surface area contributed by atoms with E-state index in [0.717, 1.165) is 0 Å². The molecule has 0 saturated carbocycles. The largest absolute Gasteiger partial charge is 0.493 e. The molecule has 0 aromatic heterocycles. The van der Waals surface area contributed by atoms with Crippen LogP contribution in [0.2, 0.25) is 0 Å². The number of methoxy groups -OCH3 is 2. The van der Waals surface area contributed by atoms with Crippen LogP contribution in [0.4, 0.5) is 20.6 Å². The van der Waals surface area contributed by atoms with Crippen LogP contribution in [0.1, 0.15) is 6.42 Å². The Bertz CT molecular complexity index is 857. The number of hydrogen-bond acceptors (Lipinski definition) is 4. The first kappa shape index (κ1) is 19.5. The van der Waals surface area contributed by atoms with Crippen molar-refractivity contribution in [3.8, 4) is 11.5 Å². The number of rotatable bonds is 6. The minimum atomic E-state index is -0.403. The quantitative estimate of drug-likeness (QED) is 0.799. The molecule has 1 aliphatic rings. The van der Waals surface area contributed by atoms with E-state index >= 15 is 0 Å². The smallest absolute Gasteiger partial charge is 0.319 e. The Morgan fingerprint density at radius 1 is 1.18 bits per heavy atom. The van der Waals surface area contributed by atoms with Gasteiger partial charge in [0.05, 0.1) is 19.9 Å². The Balaban J connectivity index is 1.56. The molecule has 7 nitrogen and oxygen atoms in total. The van der Waals surface area contributed by atoms with E-state index < -0.39 is 6.03 Å². The molecular formula is C20H22FN3O4. The molecule has 28 heavy (non-hydrogen) atoms. The van der Waals surface area contributed by atoms with Crippen molar-refractivity contribution in [3.63, 3.8) is 0 Å². The molecule has 1 aliphatic heterocycles. The average molecular weight is 387 g/mol. The van der Waals surface area contributed by atoms with Crippen LogP contribution in [0.25, 0.3) is 0 Å². The summed E-state index contributed by atoms with van der Waals surface area (Å²) in [5.74, 6) is 0.511. The fourth-order valence-corrected chi connectivity index (χ4v) is 3.18. The predicted octanol–water partition coefficient (Wildman–Crippen LogP) is 3.02. The third kappa shape index (κ3) is 4.33. The van der Waals surface area contributed by atoms with Crippen molar-refractivity contribution in [2.45, 2.75) is 6.42 Å². The van der Waals surface area contributed by atoms with Crippen LogP contribution in [0.3, 0.4) is 0 Å². The van der Waals surface area contributed by atoms with Gasteiger partial charge in [-0.15, -0.1) is 0 Å². The molecule has 148 valence electrons. The van der Waals surface area contributed by atoms with Crippen LogP contribution in [0.15, 0.2) is 42.5 Å². The Labute approximate surface area is 162 Å². The van der Waals surface area contributed by atoms with E-state index in [9.17, 15) is 14.0 Å². The SMILES string of the molecule is COc1cccc(NC(=O)NC[C@@H]2CC(=O)N(c3ccc(F)cc3)C2)c1OC. The Hall–Kier alpha value is -3.29. The number of amides is 3. The summed E-state index contributed by atoms with van der Waals surface area (Å²) in [5, 5.41) is 5.50. The number of halogens is 1. The van der Waals surface area contributed by atoms with Gasteiger partial charge in [0, 0.05) is 31.1 Å². The van der Waals surface area contributed by atoms with Crippen LogP contribution < -0.4 is 25.0 Å². The van der Waals surface area contributed by atoms with Gasteiger partial charge >= 0.3 is 6.03 Å². The summed E-state index contributed by atoms with van der Waals surface area (Å²) in [5.41, 5.74) is 1.13. The third-order valence-electron chi connectivity index (χ3n) is 4.55. The van der Waals surface area contributed by atoms with Crippen molar-refractivity contribution in [2.75, 3.05) is 37.5 Å². The van der Waals surface area contributed by atoms with Crippen molar-refractivity contribution < 1.29 is 23.5 Å². The van der Waals surface area contributed by atoms with Crippen LogP contribution in [0.5, 0.6) is 11.5 Å². The van der Waals surface area contributed by atoms with Crippen LogP contribution in [-0.4, -0.2) is 39.2 Å². The summed E-state index contributed by atoms with van der Waals surface area (Å²) in [6, 6.07) is 10.6. The van der Waals surface area contributed by atoms with Gasteiger partial charge in [0.15, 0.2) is 11.5 Å². The summed E-state index contributed by atoms with van der Waals surface area (Å²) in [6.45, 7) is 0.800. The number of urea groups is 1. The predicted molar refractivity (Wildman–Crippen MR) is 103 cm³/mol. The van der Waals surface area contributed by atoms with Gasteiger partial charge in [-0.1, -0.05) is 6.07 Å². The lowest BCUT2D eigenvalue weighted by Gasteiger charge is -2.17. The normalized spacial score (nSPS) is 16.0. The highest BCUT2D eigenvalue weighted by Gasteiger charge is 2.30. The number of nitrogens with one attached hydrogen (secondary N) is 2. The van der Waals surface area contributed by atoms with E-state index in [-0.39, 0.29) is 17.6 Å². The first-order valence-electron chi connectivity index (χ1n) is 8.83. The van der Waals surface area contributed by atoms with Crippen molar-refractivity contribution in [3.05, 3.63) is 48.3 Å². The van der Waals surface area contributed by atoms with E-state index in [0.29, 0.717) is 42.4 Å². The molecule has 0 unspecified atom stereocenters. The maximum Gasteiger partial charge on any atom is 0.319 e. The van der Waals surface area contributed by atoms with Gasteiger partial charge in [-0.2, -0.15) is 0 Å². The molecule has 0 bridgehead atoms. The van der Waals surface area contributed by atoms with E-state index in [2.05, 4.69) is 10.6 Å². The highest BCUT2D eigenvalue weighted by Crippen LogP contribution is 2.34. The van der Waals surface area contributed by atoms with Gasteiger partial charge in [0.2, 0.25) is 5.91 Å². The van der Waals surface area contributed by atoms with Crippen LogP contribution in [0, 0.1) is 11.7 Å². The van der Waals surface area contributed by atoms with Gasteiger partial charge in [-0.05, 0) is 36.4 Å². The number of ether oxygens (including phenoxy) is 2. The minimum Gasteiger partial charge on any atom is -0.493 e. The second kappa shape index (κ2) is 8.60. The standard InChI is InChI=1S/C20H22FN3O4/c1-27-17-5-3-4-16(19(17)28-2)23-20(26)22-11-13-10-18(25)24(12-13)15-8-6-14(21)7-9-15/h3-9,13H,10-12H2,1-2H3,(H2,22,23,26)/t13-/m0/s1. The fraction of sp³-hybridized carbons (Fsp3) is 0.300. The van der Waals surface area contributed by atoms with E-state index in [4.69, 9.17) is 9.47 Å². The molecule has 3 amide bonds. The molecule has 0 spiro atoms. The van der Waals surface area contributed by atoms with Gasteiger partial charge in [-0.3, -0.25) is 4.79 Å². The average Bonchev–Trinajstić information content (AvgIpc) is 3.07. The van der Waals surface area contributed by atoms with Gasteiger partial charge in [0.1, 0.15) is 5.82 Å². The van der Waals surface area contributed by atoms with Crippen molar-refractivity contribution in [1.82, 2.24) is 5.32 Å². The molecule has 2 aromatic carbocycles. The molecule has 2 aromatic rings. The van der Waals surface area contributed by atoms with Gasteiger partial charge < -0.3 is 25.0 Å². The van der Waals surface area contributed by atoms with Crippen molar-refractivity contribution in [1.29, 1.82) is 0 Å². The zero-order valence-corrected chi connectivity index (χ0v) is 15.7. The number of hydrogen-bond donors (Lipinski definition) is 2. The van der Waals surface area contributed by atoms with Crippen LogP contribution in [-0.2, 0) is 4.79 Å². The van der Waals surface area contributed by atoms with Crippen molar-refractivity contribution >= 4 is 23.3 Å². The first-order valence-corrected chi connectivity index (χ1v) is 8.83. The Kier molecular flexibility index (Phi) is 5.98. The van der Waals surface area contributed by atoms with Crippen molar-refractivity contribution in [2.24, 2.45) is 5.92 Å². The lowest BCUT2D eigenvalue weighted by Crippen LogP contribution is -2.34. The highest BCUT2D eigenvalue weighted by molar-refractivity contribution is 5.96. The monoisotopic (exact) mass is 387 g/mol. The highest BCUT2D eigenvalue weighted by atomic mass is 19.1. The number of nitrogens with zero attached hydrogens (tertiary/aromatic N) is 1. The second-order valence-corrected chi connectivity index (χ2v) is 6.43. The summed E-state index contributed by atoms with van der Waals surface area (Å²) >= 11 is 0. The maximum atomic E-state index is 13.1. The Morgan fingerprint density at radius 3 is 2.61 bits per heavy atom. The van der Waals surface area contributed by atoms with E-state index in [1.54, 1.807) is 35.2 Å². The third-order valence-corrected chi connectivity index (χ3v) is 4.55. The molecule has 2 N–H and O–H groups in total. The molecule has 8 heteroatoms. The molecule has 1 fully saturated rings. The second-order valence-electron chi connectivity index (χ2n) is 6.43. The molecule has 1 heterocycles. The molecule has 0 aliphatic carbocycles. The van der Waals surface area contributed by atoms with Gasteiger partial charge in [0.25, 0.3) is 0 Å². The first-order chi connectivity index (χ1) is 13.5. The zero-order chi connectivity index (χ0) is 20.1. The number of benzene rings is 2. The Morgan fingerprint density at radius 2 is 1.93 bits per heavy atom. The summed E-state index contributed by atoms with van der Waals surface area (Å²) < 4.78 is 23.6. The number of carbonyl (C=O) groups excluding carboxylic acids is 2.